The van der Waals surface area contributed by atoms with Gasteiger partial charge >= 0.3 is 0 Å². The Hall–Kier alpha value is -0.770. The molecule has 0 aromatic heterocycles. The van der Waals surface area contributed by atoms with Crippen LogP contribution in [0.2, 0.25) is 0 Å². The lowest BCUT2D eigenvalue weighted by Crippen LogP contribution is -2.33. The molecule has 78 valence electrons. The molecule has 3 N–H and O–H groups in total. The van der Waals surface area contributed by atoms with Gasteiger partial charge in [-0.05, 0) is 12.3 Å². The van der Waals surface area contributed by atoms with Crippen LogP contribution in [0.4, 0.5) is 0 Å². The van der Waals surface area contributed by atoms with Crippen molar-refractivity contribution in [2.75, 3.05) is 26.8 Å². The third kappa shape index (κ3) is 9.14. The Morgan fingerprint density at radius 3 is 2.69 bits per heavy atom. The molecular formula is C9H21N3O. The lowest BCUT2D eigenvalue weighted by atomic mass is 10.1. The van der Waals surface area contributed by atoms with E-state index in [-0.39, 0.29) is 0 Å². The predicted molar refractivity (Wildman–Crippen MR) is 55.8 cm³/mol. The maximum absolute atomic E-state index is 5.42. The van der Waals surface area contributed by atoms with E-state index >= 15 is 0 Å². The van der Waals surface area contributed by atoms with Gasteiger partial charge in [-0.25, -0.2) is 0 Å². The van der Waals surface area contributed by atoms with Crippen molar-refractivity contribution in [2.24, 2.45) is 16.6 Å². The number of ether oxygens (including phenoxy) is 1. The van der Waals surface area contributed by atoms with Crippen molar-refractivity contribution in [3.8, 4) is 0 Å². The summed E-state index contributed by atoms with van der Waals surface area (Å²) in [5, 5.41) is 2.92. The van der Waals surface area contributed by atoms with E-state index < -0.39 is 0 Å². The second-order valence-corrected chi connectivity index (χ2v) is 3.33. The van der Waals surface area contributed by atoms with Crippen molar-refractivity contribution in [1.29, 1.82) is 0 Å². The predicted octanol–water partition coefficient (Wildman–Crippen LogP) is 0.583. The average Bonchev–Trinajstić information content (AvgIpc) is 2.10. The fourth-order valence-corrected chi connectivity index (χ4v) is 0.751. The van der Waals surface area contributed by atoms with Crippen LogP contribution in [0, 0.1) is 5.92 Å². The van der Waals surface area contributed by atoms with Gasteiger partial charge in [0.1, 0.15) is 0 Å². The molecule has 0 saturated heterocycles. The van der Waals surface area contributed by atoms with Gasteiger partial charge in [-0.1, -0.05) is 13.8 Å². The van der Waals surface area contributed by atoms with Gasteiger partial charge in [0.05, 0.1) is 6.61 Å². The first-order valence-electron chi connectivity index (χ1n) is 4.70. The Kier molecular flexibility index (Phi) is 7.39. The van der Waals surface area contributed by atoms with Gasteiger partial charge < -0.3 is 15.8 Å². The maximum Gasteiger partial charge on any atom is 0.188 e. The molecule has 0 aliphatic rings. The molecular weight excluding hydrogens is 166 g/mol. The van der Waals surface area contributed by atoms with Gasteiger partial charge in [0.25, 0.3) is 0 Å². The molecule has 0 heterocycles. The summed E-state index contributed by atoms with van der Waals surface area (Å²) in [6.45, 7) is 6.60. The Morgan fingerprint density at radius 2 is 2.15 bits per heavy atom. The molecule has 13 heavy (non-hydrogen) atoms. The summed E-state index contributed by atoms with van der Waals surface area (Å²) in [4.78, 5) is 3.76. The Bertz CT molecular complexity index is 146. The Morgan fingerprint density at radius 1 is 1.46 bits per heavy atom. The summed E-state index contributed by atoms with van der Waals surface area (Å²) in [7, 11) is 1.65. The summed E-state index contributed by atoms with van der Waals surface area (Å²) in [5.74, 6) is 1.17. The molecule has 0 atom stereocenters. The molecule has 0 aliphatic heterocycles. The molecule has 0 fully saturated rings. The van der Waals surface area contributed by atoms with Crippen molar-refractivity contribution in [3.63, 3.8) is 0 Å². The number of aliphatic imine (C=N–C) groups is 1. The molecule has 0 rings (SSSR count). The summed E-state index contributed by atoms with van der Waals surface area (Å²) in [6.07, 6.45) is 1.11. The standard InChI is InChI=1S/C9H21N3O/c1-8(2)4-6-13-7-5-12-9(10)11-3/h8H,4-7H2,1-3H3,(H3,10,11,12). The SMILES string of the molecule is CN=C(N)NCCOCCC(C)C. The van der Waals surface area contributed by atoms with Gasteiger partial charge in [0.2, 0.25) is 0 Å². The number of nitrogens with one attached hydrogen (secondary N) is 1. The number of nitrogens with zero attached hydrogens (tertiary/aromatic N) is 1. The largest absolute Gasteiger partial charge is 0.380 e. The normalized spacial score (nSPS) is 12.2. The second kappa shape index (κ2) is 7.86. The smallest absolute Gasteiger partial charge is 0.188 e. The van der Waals surface area contributed by atoms with Gasteiger partial charge in [0.15, 0.2) is 5.96 Å². The fraction of sp³-hybridized carbons (Fsp3) is 0.889. The number of hydrogen-bond donors (Lipinski definition) is 2. The highest BCUT2D eigenvalue weighted by Crippen LogP contribution is 1.97. The van der Waals surface area contributed by atoms with Crippen molar-refractivity contribution in [3.05, 3.63) is 0 Å². The third-order valence-electron chi connectivity index (χ3n) is 1.63. The summed E-state index contributed by atoms with van der Waals surface area (Å²) < 4.78 is 5.37. The van der Waals surface area contributed by atoms with Crippen LogP contribution >= 0.6 is 0 Å². The molecule has 4 nitrogen and oxygen atoms in total. The molecule has 0 unspecified atom stereocenters. The number of rotatable bonds is 6. The van der Waals surface area contributed by atoms with Crippen LogP contribution in [-0.4, -0.2) is 32.8 Å². The molecule has 4 heteroatoms. The molecule has 0 aliphatic carbocycles. The van der Waals surface area contributed by atoms with E-state index in [0.717, 1.165) is 19.6 Å². The third-order valence-corrected chi connectivity index (χ3v) is 1.63. The lowest BCUT2D eigenvalue weighted by molar-refractivity contribution is 0.128. The van der Waals surface area contributed by atoms with Gasteiger partial charge in [-0.3, -0.25) is 4.99 Å². The first-order valence-corrected chi connectivity index (χ1v) is 4.70. The van der Waals surface area contributed by atoms with Crippen molar-refractivity contribution >= 4 is 5.96 Å². The number of hydrogen-bond acceptors (Lipinski definition) is 2. The number of nitrogens with two attached hydrogens (primary N) is 1. The van der Waals surface area contributed by atoms with Crippen LogP contribution in [-0.2, 0) is 4.74 Å². The van der Waals surface area contributed by atoms with Crippen molar-refractivity contribution in [1.82, 2.24) is 5.32 Å². The monoisotopic (exact) mass is 187 g/mol. The molecule has 0 amide bonds. The Labute approximate surface area is 80.6 Å². The fourth-order valence-electron chi connectivity index (χ4n) is 0.751. The molecule has 0 radical (unpaired) electrons. The molecule has 0 aromatic carbocycles. The van der Waals surface area contributed by atoms with E-state index in [2.05, 4.69) is 24.2 Å². The maximum atomic E-state index is 5.42. The summed E-state index contributed by atoms with van der Waals surface area (Å²) in [6, 6.07) is 0. The lowest BCUT2D eigenvalue weighted by Gasteiger charge is -2.07. The van der Waals surface area contributed by atoms with Gasteiger partial charge in [-0.2, -0.15) is 0 Å². The van der Waals surface area contributed by atoms with Gasteiger partial charge in [-0.15, -0.1) is 0 Å². The van der Waals surface area contributed by atoms with E-state index in [4.69, 9.17) is 10.5 Å². The van der Waals surface area contributed by atoms with Crippen LogP contribution in [0.5, 0.6) is 0 Å². The van der Waals surface area contributed by atoms with E-state index in [1.54, 1.807) is 7.05 Å². The highest BCUT2D eigenvalue weighted by molar-refractivity contribution is 5.77. The molecule has 0 bridgehead atoms. The quantitative estimate of drug-likeness (QED) is 0.363. The van der Waals surface area contributed by atoms with Crippen LogP contribution in [0.1, 0.15) is 20.3 Å². The van der Waals surface area contributed by atoms with Gasteiger partial charge in [0, 0.05) is 20.2 Å². The minimum absolute atomic E-state index is 0.465. The minimum Gasteiger partial charge on any atom is -0.380 e. The number of guanidine groups is 1. The minimum atomic E-state index is 0.465. The molecule has 0 spiro atoms. The molecule has 0 saturated carbocycles. The first kappa shape index (κ1) is 12.2. The van der Waals surface area contributed by atoms with E-state index in [0.29, 0.717) is 18.5 Å². The summed E-state index contributed by atoms with van der Waals surface area (Å²) >= 11 is 0. The van der Waals surface area contributed by atoms with Crippen molar-refractivity contribution in [2.45, 2.75) is 20.3 Å². The highest BCUT2D eigenvalue weighted by Gasteiger charge is 1.93. The zero-order chi connectivity index (χ0) is 10.1. The average molecular weight is 187 g/mol. The second-order valence-electron chi connectivity index (χ2n) is 3.33. The Balaban J connectivity index is 3.09. The van der Waals surface area contributed by atoms with Crippen LogP contribution in [0.3, 0.4) is 0 Å². The van der Waals surface area contributed by atoms with Crippen molar-refractivity contribution < 1.29 is 4.74 Å². The zero-order valence-corrected chi connectivity index (χ0v) is 8.84. The van der Waals surface area contributed by atoms with E-state index in [1.165, 1.54) is 0 Å². The van der Waals surface area contributed by atoms with Crippen LogP contribution in [0.25, 0.3) is 0 Å². The van der Waals surface area contributed by atoms with E-state index in [9.17, 15) is 0 Å². The van der Waals surface area contributed by atoms with E-state index in [1.807, 2.05) is 0 Å². The summed E-state index contributed by atoms with van der Waals surface area (Å²) in [5.41, 5.74) is 5.42. The topological polar surface area (TPSA) is 59.6 Å². The van der Waals surface area contributed by atoms with Crippen LogP contribution in [0.15, 0.2) is 4.99 Å². The van der Waals surface area contributed by atoms with Crippen LogP contribution < -0.4 is 11.1 Å². The molecule has 0 aromatic rings. The first-order chi connectivity index (χ1) is 6.16. The highest BCUT2D eigenvalue weighted by atomic mass is 16.5. The zero-order valence-electron chi connectivity index (χ0n) is 8.84.